The summed E-state index contributed by atoms with van der Waals surface area (Å²) in [5, 5.41) is 0. The maximum Gasteiger partial charge on any atom is 0.0107 e. The van der Waals surface area contributed by atoms with Crippen LogP contribution in [0.4, 0.5) is 0 Å². The highest BCUT2D eigenvalue weighted by molar-refractivity contribution is 4.81. The van der Waals surface area contributed by atoms with Crippen LogP contribution in [0.1, 0.15) is 33.6 Å². The lowest BCUT2D eigenvalue weighted by Gasteiger charge is -2.40. The van der Waals surface area contributed by atoms with E-state index in [0.717, 1.165) is 17.9 Å². The first-order chi connectivity index (χ1) is 5.11. The fourth-order valence-electron chi connectivity index (χ4n) is 1.57. The lowest BCUT2D eigenvalue weighted by molar-refractivity contribution is 0.0964. The van der Waals surface area contributed by atoms with Gasteiger partial charge in [0.25, 0.3) is 0 Å². The van der Waals surface area contributed by atoms with Crippen LogP contribution in [-0.4, -0.2) is 24.5 Å². The van der Waals surface area contributed by atoms with Crippen molar-refractivity contribution in [1.29, 1.82) is 0 Å². The molecule has 0 N–H and O–H groups in total. The van der Waals surface area contributed by atoms with E-state index in [1.165, 1.54) is 19.4 Å². The summed E-state index contributed by atoms with van der Waals surface area (Å²) in [7, 11) is 2.24. The lowest BCUT2D eigenvalue weighted by atomic mass is 9.87. The van der Waals surface area contributed by atoms with Gasteiger partial charge in [0, 0.05) is 6.04 Å². The molecule has 1 heteroatoms. The van der Waals surface area contributed by atoms with Gasteiger partial charge in [0.2, 0.25) is 0 Å². The topological polar surface area (TPSA) is 3.24 Å². The minimum Gasteiger partial charge on any atom is -0.303 e. The smallest absolute Gasteiger partial charge is 0.0107 e. The van der Waals surface area contributed by atoms with Crippen LogP contribution in [0.3, 0.4) is 0 Å². The molecule has 1 aliphatic rings. The van der Waals surface area contributed by atoms with Crippen LogP contribution in [0, 0.1) is 11.8 Å². The fourth-order valence-corrected chi connectivity index (χ4v) is 1.57. The summed E-state index contributed by atoms with van der Waals surface area (Å²) in [4.78, 5) is 2.47. The van der Waals surface area contributed by atoms with Gasteiger partial charge >= 0.3 is 0 Å². The Morgan fingerprint density at radius 2 is 2.00 bits per heavy atom. The summed E-state index contributed by atoms with van der Waals surface area (Å²) in [6.45, 7) is 8.33. The molecular formula is C10H21N. The van der Waals surface area contributed by atoms with Crippen molar-refractivity contribution >= 4 is 0 Å². The van der Waals surface area contributed by atoms with E-state index in [1.807, 2.05) is 0 Å². The normalized spacial score (nSPS) is 28.6. The van der Waals surface area contributed by atoms with Gasteiger partial charge in [-0.15, -0.1) is 0 Å². The Bertz CT molecular complexity index is 115. The summed E-state index contributed by atoms with van der Waals surface area (Å²) < 4.78 is 0. The number of rotatable bonds is 3. The second-order valence-electron chi connectivity index (χ2n) is 4.38. The SMILES string of the molecule is CC(C)C(C)CC1CCN1C. The summed E-state index contributed by atoms with van der Waals surface area (Å²) in [5.41, 5.74) is 0. The van der Waals surface area contributed by atoms with Gasteiger partial charge in [-0.3, -0.25) is 0 Å². The lowest BCUT2D eigenvalue weighted by Crippen LogP contribution is -2.45. The maximum atomic E-state index is 2.47. The van der Waals surface area contributed by atoms with Crippen molar-refractivity contribution < 1.29 is 0 Å². The van der Waals surface area contributed by atoms with Crippen molar-refractivity contribution in [3.63, 3.8) is 0 Å². The van der Waals surface area contributed by atoms with E-state index in [0.29, 0.717) is 0 Å². The number of nitrogens with zero attached hydrogens (tertiary/aromatic N) is 1. The van der Waals surface area contributed by atoms with Crippen LogP contribution < -0.4 is 0 Å². The minimum atomic E-state index is 0.851. The van der Waals surface area contributed by atoms with Gasteiger partial charge in [-0.05, 0) is 38.3 Å². The molecule has 11 heavy (non-hydrogen) atoms. The Hall–Kier alpha value is -0.0400. The van der Waals surface area contributed by atoms with E-state index >= 15 is 0 Å². The molecule has 1 saturated heterocycles. The van der Waals surface area contributed by atoms with Crippen molar-refractivity contribution in [3.8, 4) is 0 Å². The maximum absolute atomic E-state index is 2.47. The second kappa shape index (κ2) is 3.57. The zero-order valence-corrected chi connectivity index (χ0v) is 8.30. The van der Waals surface area contributed by atoms with Crippen molar-refractivity contribution in [2.45, 2.75) is 39.7 Å². The third-order valence-corrected chi connectivity index (χ3v) is 3.22. The molecule has 1 nitrogen and oxygen atoms in total. The molecule has 0 bridgehead atoms. The average Bonchev–Trinajstić information content (AvgIpc) is 1.96. The quantitative estimate of drug-likeness (QED) is 0.605. The number of hydrogen-bond donors (Lipinski definition) is 0. The number of likely N-dealkylation sites (tertiary alicyclic amines) is 1. The van der Waals surface area contributed by atoms with Gasteiger partial charge in [-0.2, -0.15) is 0 Å². The second-order valence-corrected chi connectivity index (χ2v) is 4.38. The molecule has 0 radical (unpaired) electrons. The largest absolute Gasteiger partial charge is 0.303 e. The molecular weight excluding hydrogens is 134 g/mol. The standard InChI is InChI=1S/C10H21N/c1-8(2)9(3)7-10-5-6-11(10)4/h8-10H,5-7H2,1-4H3. The van der Waals surface area contributed by atoms with Crippen molar-refractivity contribution in [2.24, 2.45) is 11.8 Å². The van der Waals surface area contributed by atoms with E-state index in [1.54, 1.807) is 0 Å². The molecule has 0 aliphatic carbocycles. The Morgan fingerprint density at radius 3 is 2.27 bits per heavy atom. The van der Waals surface area contributed by atoms with Crippen molar-refractivity contribution in [1.82, 2.24) is 4.90 Å². The average molecular weight is 155 g/mol. The summed E-state index contributed by atoms with van der Waals surface area (Å²) in [6, 6.07) is 0.896. The predicted octanol–water partition coefficient (Wildman–Crippen LogP) is 2.37. The van der Waals surface area contributed by atoms with Crippen LogP contribution in [0.15, 0.2) is 0 Å². The zero-order chi connectivity index (χ0) is 8.43. The summed E-state index contributed by atoms with van der Waals surface area (Å²) in [5.74, 6) is 1.74. The van der Waals surface area contributed by atoms with E-state index in [-0.39, 0.29) is 0 Å². The fraction of sp³-hybridized carbons (Fsp3) is 1.00. The molecule has 0 amide bonds. The molecule has 66 valence electrons. The van der Waals surface area contributed by atoms with Crippen LogP contribution >= 0.6 is 0 Å². The highest BCUT2D eigenvalue weighted by atomic mass is 15.2. The van der Waals surface area contributed by atoms with E-state index < -0.39 is 0 Å². The van der Waals surface area contributed by atoms with Gasteiger partial charge in [-0.1, -0.05) is 20.8 Å². The van der Waals surface area contributed by atoms with E-state index in [2.05, 4.69) is 32.7 Å². The molecule has 1 fully saturated rings. The molecule has 0 aromatic rings. The molecule has 2 atom stereocenters. The monoisotopic (exact) mass is 155 g/mol. The zero-order valence-electron chi connectivity index (χ0n) is 8.30. The molecule has 1 aliphatic heterocycles. The highest BCUT2D eigenvalue weighted by Crippen LogP contribution is 2.25. The summed E-state index contributed by atoms with van der Waals surface area (Å²) >= 11 is 0. The molecule has 0 saturated carbocycles. The number of hydrogen-bond acceptors (Lipinski definition) is 1. The predicted molar refractivity (Wildman–Crippen MR) is 49.7 cm³/mol. The van der Waals surface area contributed by atoms with E-state index in [9.17, 15) is 0 Å². The Morgan fingerprint density at radius 1 is 1.36 bits per heavy atom. The van der Waals surface area contributed by atoms with Crippen LogP contribution in [-0.2, 0) is 0 Å². The molecule has 2 unspecified atom stereocenters. The van der Waals surface area contributed by atoms with Crippen LogP contribution in [0.25, 0.3) is 0 Å². The first-order valence-electron chi connectivity index (χ1n) is 4.81. The van der Waals surface area contributed by atoms with E-state index in [4.69, 9.17) is 0 Å². The van der Waals surface area contributed by atoms with Gasteiger partial charge in [0.05, 0.1) is 0 Å². The third kappa shape index (κ3) is 2.19. The van der Waals surface area contributed by atoms with Gasteiger partial charge in [0.15, 0.2) is 0 Å². The summed E-state index contributed by atoms with van der Waals surface area (Å²) in [6.07, 6.45) is 2.82. The third-order valence-electron chi connectivity index (χ3n) is 3.22. The molecule has 1 heterocycles. The first-order valence-corrected chi connectivity index (χ1v) is 4.81. The highest BCUT2D eigenvalue weighted by Gasteiger charge is 2.26. The van der Waals surface area contributed by atoms with Gasteiger partial charge < -0.3 is 4.90 Å². The minimum absolute atomic E-state index is 0.851. The van der Waals surface area contributed by atoms with Crippen molar-refractivity contribution in [2.75, 3.05) is 13.6 Å². The Balaban J connectivity index is 2.19. The molecule has 1 rings (SSSR count). The Kier molecular flexibility index (Phi) is 2.94. The molecule has 0 aromatic carbocycles. The first kappa shape index (κ1) is 9.05. The van der Waals surface area contributed by atoms with Gasteiger partial charge in [0.1, 0.15) is 0 Å². The molecule has 0 aromatic heterocycles. The van der Waals surface area contributed by atoms with Crippen molar-refractivity contribution in [3.05, 3.63) is 0 Å². The Labute approximate surface area is 70.8 Å². The molecule has 0 spiro atoms. The van der Waals surface area contributed by atoms with Crippen LogP contribution in [0.2, 0.25) is 0 Å². The van der Waals surface area contributed by atoms with Gasteiger partial charge in [-0.25, -0.2) is 0 Å². The van der Waals surface area contributed by atoms with Crippen LogP contribution in [0.5, 0.6) is 0 Å².